The Morgan fingerprint density at radius 1 is 1.00 bits per heavy atom. The molecule has 0 fully saturated rings. The van der Waals surface area contributed by atoms with Crippen molar-refractivity contribution >= 4 is 0 Å². The number of nitrogens with zero attached hydrogens (tertiary/aromatic N) is 1. The molecule has 0 aromatic rings. The van der Waals surface area contributed by atoms with Gasteiger partial charge in [0.15, 0.2) is 6.23 Å². The maximum absolute atomic E-state index is 11.5. The molecule has 2 unspecified atom stereocenters. The summed E-state index contributed by atoms with van der Waals surface area (Å²) in [6.45, 7) is 9.40. The van der Waals surface area contributed by atoms with Gasteiger partial charge in [0.1, 0.15) is 0 Å². The Morgan fingerprint density at radius 2 is 1.33 bits per heavy atom. The highest BCUT2D eigenvalue weighted by Gasteiger charge is 2.26. The summed E-state index contributed by atoms with van der Waals surface area (Å²) in [5.74, 6) is 0. The fourth-order valence-corrected chi connectivity index (χ4v) is 1.43. The lowest BCUT2D eigenvalue weighted by Gasteiger charge is -2.34. The zero-order valence-corrected chi connectivity index (χ0v) is 8.61. The zero-order chi connectivity index (χ0) is 9.89. The highest BCUT2D eigenvalue weighted by Crippen LogP contribution is 2.11. The standard InChI is InChI=1S/C9H20NO2/c1-6(2)10(7(3)4)9(12)8(5)11/h6-9,11H,1-5H3. The quantitative estimate of drug-likeness (QED) is 0.652. The van der Waals surface area contributed by atoms with Gasteiger partial charge < -0.3 is 5.11 Å². The van der Waals surface area contributed by atoms with Crippen LogP contribution in [0.5, 0.6) is 0 Å². The van der Waals surface area contributed by atoms with Gasteiger partial charge in [-0.3, -0.25) is 4.90 Å². The van der Waals surface area contributed by atoms with Crippen LogP contribution in [0.2, 0.25) is 0 Å². The van der Waals surface area contributed by atoms with Gasteiger partial charge in [-0.2, -0.15) is 0 Å². The molecule has 0 amide bonds. The third-order valence-corrected chi connectivity index (χ3v) is 1.90. The summed E-state index contributed by atoms with van der Waals surface area (Å²) in [6, 6.07) is 0.365. The number of aliphatic hydroxyl groups is 1. The second-order valence-electron chi connectivity index (χ2n) is 3.77. The van der Waals surface area contributed by atoms with Gasteiger partial charge in [0.2, 0.25) is 0 Å². The van der Waals surface area contributed by atoms with E-state index in [2.05, 4.69) is 0 Å². The van der Waals surface area contributed by atoms with E-state index in [9.17, 15) is 5.11 Å². The van der Waals surface area contributed by atoms with Gasteiger partial charge in [-0.25, -0.2) is 5.11 Å². The molecule has 0 bridgehead atoms. The first kappa shape index (κ1) is 11.9. The van der Waals surface area contributed by atoms with Crippen molar-refractivity contribution in [2.75, 3.05) is 0 Å². The predicted molar refractivity (Wildman–Crippen MR) is 48.3 cm³/mol. The van der Waals surface area contributed by atoms with E-state index in [0.717, 1.165) is 0 Å². The number of rotatable bonds is 4. The van der Waals surface area contributed by atoms with Crippen LogP contribution in [0.25, 0.3) is 0 Å². The third-order valence-electron chi connectivity index (χ3n) is 1.90. The van der Waals surface area contributed by atoms with Gasteiger partial charge in [-0.05, 0) is 34.6 Å². The summed E-state index contributed by atoms with van der Waals surface area (Å²) in [4.78, 5) is 1.77. The third kappa shape index (κ3) is 3.09. The van der Waals surface area contributed by atoms with Crippen LogP contribution in [0.3, 0.4) is 0 Å². The Balaban J connectivity index is 4.30. The first-order valence-corrected chi connectivity index (χ1v) is 4.49. The van der Waals surface area contributed by atoms with Crippen molar-refractivity contribution in [1.82, 2.24) is 4.90 Å². The molecule has 0 aromatic carbocycles. The predicted octanol–water partition coefficient (Wildman–Crippen LogP) is 1.24. The van der Waals surface area contributed by atoms with E-state index in [-0.39, 0.29) is 12.1 Å². The topological polar surface area (TPSA) is 43.4 Å². The SMILES string of the molecule is CC(O)C([O])N(C(C)C)C(C)C. The van der Waals surface area contributed by atoms with Crippen molar-refractivity contribution in [1.29, 1.82) is 0 Å². The number of aliphatic hydroxyl groups excluding tert-OH is 1. The van der Waals surface area contributed by atoms with Crippen LogP contribution < -0.4 is 0 Å². The van der Waals surface area contributed by atoms with E-state index in [0.29, 0.717) is 0 Å². The summed E-state index contributed by atoms with van der Waals surface area (Å²) < 4.78 is 0. The van der Waals surface area contributed by atoms with Crippen LogP contribution in [0, 0.1) is 0 Å². The van der Waals surface area contributed by atoms with E-state index in [1.165, 1.54) is 6.92 Å². The lowest BCUT2D eigenvalue weighted by atomic mass is 10.2. The van der Waals surface area contributed by atoms with Crippen LogP contribution in [0.4, 0.5) is 0 Å². The molecule has 0 saturated carbocycles. The van der Waals surface area contributed by atoms with Crippen LogP contribution in [0.1, 0.15) is 34.6 Å². The van der Waals surface area contributed by atoms with Gasteiger partial charge in [0.25, 0.3) is 0 Å². The summed E-state index contributed by atoms with van der Waals surface area (Å²) in [7, 11) is 0. The molecular weight excluding hydrogens is 154 g/mol. The molecule has 0 saturated heterocycles. The van der Waals surface area contributed by atoms with Crippen molar-refractivity contribution < 1.29 is 10.2 Å². The minimum absolute atomic E-state index is 0.182. The van der Waals surface area contributed by atoms with Crippen molar-refractivity contribution in [2.45, 2.75) is 59.0 Å². The Hall–Kier alpha value is -0.120. The molecule has 3 nitrogen and oxygen atoms in total. The minimum atomic E-state index is -1.01. The molecule has 1 N–H and O–H groups in total. The average molecular weight is 174 g/mol. The molecule has 1 radical (unpaired) electrons. The van der Waals surface area contributed by atoms with Crippen LogP contribution in [-0.2, 0) is 5.11 Å². The number of hydrogen-bond donors (Lipinski definition) is 1. The molecule has 0 aliphatic carbocycles. The Kier molecular flexibility index (Phi) is 4.75. The lowest BCUT2D eigenvalue weighted by Crippen LogP contribution is -2.49. The van der Waals surface area contributed by atoms with E-state index < -0.39 is 12.3 Å². The smallest absolute Gasteiger partial charge is 0.172 e. The van der Waals surface area contributed by atoms with E-state index in [1.807, 2.05) is 27.7 Å². The van der Waals surface area contributed by atoms with Crippen molar-refractivity contribution in [3.8, 4) is 0 Å². The normalized spacial score (nSPS) is 17.5. The molecule has 0 spiro atoms. The van der Waals surface area contributed by atoms with Crippen molar-refractivity contribution in [3.63, 3.8) is 0 Å². The van der Waals surface area contributed by atoms with Crippen LogP contribution in [-0.4, -0.2) is 34.4 Å². The highest BCUT2D eigenvalue weighted by molar-refractivity contribution is 4.73. The second-order valence-corrected chi connectivity index (χ2v) is 3.77. The van der Waals surface area contributed by atoms with Crippen LogP contribution in [0.15, 0.2) is 0 Å². The largest absolute Gasteiger partial charge is 0.389 e. The summed E-state index contributed by atoms with van der Waals surface area (Å²) in [6.07, 6.45) is -1.82. The lowest BCUT2D eigenvalue weighted by molar-refractivity contribution is -0.138. The molecule has 12 heavy (non-hydrogen) atoms. The second kappa shape index (κ2) is 4.80. The maximum Gasteiger partial charge on any atom is 0.172 e. The first-order valence-electron chi connectivity index (χ1n) is 4.49. The molecule has 2 atom stereocenters. The number of hydrogen-bond acceptors (Lipinski definition) is 2. The van der Waals surface area contributed by atoms with Gasteiger partial charge >= 0.3 is 0 Å². The van der Waals surface area contributed by atoms with Gasteiger partial charge in [-0.1, -0.05) is 0 Å². The van der Waals surface area contributed by atoms with E-state index >= 15 is 0 Å². The van der Waals surface area contributed by atoms with Gasteiger partial charge in [0, 0.05) is 12.1 Å². The fourth-order valence-electron chi connectivity index (χ4n) is 1.43. The summed E-state index contributed by atoms with van der Waals surface area (Å²) >= 11 is 0. The molecule has 0 aromatic heterocycles. The average Bonchev–Trinajstić information content (AvgIpc) is 1.85. The molecule has 0 heterocycles. The molecule has 0 rings (SSSR count). The maximum atomic E-state index is 11.5. The molecular formula is C9H20NO2. The Bertz CT molecular complexity index is 116. The summed E-state index contributed by atoms with van der Waals surface area (Å²) in [5.41, 5.74) is 0. The summed E-state index contributed by atoms with van der Waals surface area (Å²) in [5, 5.41) is 20.6. The van der Waals surface area contributed by atoms with Gasteiger partial charge in [-0.15, -0.1) is 0 Å². The Morgan fingerprint density at radius 3 is 1.42 bits per heavy atom. The van der Waals surface area contributed by atoms with Crippen molar-refractivity contribution in [3.05, 3.63) is 0 Å². The monoisotopic (exact) mass is 174 g/mol. The fraction of sp³-hybridized carbons (Fsp3) is 1.00. The van der Waals surface area contributed by atoms with Crippen LogP contribution >= 0.6 is 0 Å². The Labute approximate surface area is 75.0 Å². The van der Waals surface area contributed by atoms with Gasteiger partial charge in [0.05, 0.1) is 6.10 Å². The highest BCUT2D eigenvalue weighted by atomic mass is 16.3. The minimum Gasteiger partial charge on any atom is -0.389 e. The first-order chi connectivity index (χ1) is 5.37. The molecule has 73 valence electrons. The van der Waals surface area contributed by atoms with E-state index in [1.54, 1.807) is 4.90 Å². The molecule has 0 aliphatic heterocycles. The van der Waals surface area contributed by atoms with E-state index in [4.69, 9.17) is 5.11 Å². The molecule has 0 aliphatic rings. The molecule has 3 heteroatoms. The zero-order valence-electron chi connectivity index (χ0n) is 8.61. The van der Waals surface area contributed by atoms with Crippen molar-refractivity contribution in [2.24, 2.45) is 0 Å².